The Bertz CT molecular complexity index is 1140. The van der Waals surface area contributed by atoms with Gasteiger partial charge in [-0.3, -0.25) is 14.6 Å². The summed E-state index contributed by atoms with van der Waals surface area (Å²) in [5, 5.41) is 6.54. The summed E-state index contributed by atoms with van der Waals surface area (Å²) in [7, 11) is 1.66. The van der Waals surface area contributed by atoms with Gasteiger partial charge in [-0.05, 0) is 28.8 Å². The lowest BCUT2D eigenvalue weighted by atomic mass is 9.98. The molecular weight excluding hydrogens is 436 g/mol. The number of ether oxygens (including phenoxy) is 1. The molecule has 2 aliphatic rings. The van der Waals surface area contributed by atoms with Gasteiger partial charge in [0, 0.05) is 39.1 Å². The lowest BCUT2D eigenvalue weighted by Gasteiger charge is -2.35. The Kier molecular flexibility index (Phi) is 7.21. The normalized spacial score (nSPS) is 18.9. The number of carbonyl (C=O) groups is 1. The molecule has 1 atom stereocenters. The van der Waals surface area contributed by atoms with Gasteiger partial charge in [-0.2, -0.15) is 5.10 Å². The van der Waals surface area contributed by atoms with Crippen molar-refractivity contribution < 1.29 is 9.53 Å². The van der Waals surface area contributed by atoms with Crippen molar-refractivity contribution in [1.29, 1.82) is 0 Å². The minimum Gasteiger partial charge on any atom is -0.497 e. The average Bonchev–Trinajstić information content (AvgIpc) is 3.37. The molecule has 2 aliphatic heterocycles. The summed E-state index contributed by atoms with van der Waals surface area (Å²) in [5.74, 6) is 0.857. The molecule has 1 amide bonds. The maximum atomic E-state index is 13.5. The minimum atomic E-state index is -0.108. The Hall–Kier alpha value is -3.48. The van der Waals surface area contributed by atoms with Crippen molar-refractivity contribution in [1.82, 2.24) is 14.8 Å². The van der Waals surface area contributed by atoms with Crippen LogP contribution in [0, 0.1) is 0 Å². The molecule has 180 valence electrons. The molecule has 5 rings (SSSR count). The second-order valence-electron chi connectivity index (χ2n) is 9.18. The zero-order valence-electron chi connectivity index (χ0n) is 20.2. The van der Waals surface area contributed by atoms with Crippen LogP contribution in [-0.4, -0.2) is 66.3 Å². The highest BCUT2D eigenvalue weighted by Crippen LogP contribution is 2.33. The molecular formula is C29H32N4O2. The Balaban J connectivity index is 1.26. The third-order valence-corrected chi connectivity index (χ3v) is 6.85. The van der Waals surface area contributed by atoms with Crippen LogP contribution in [0.2, 0.25) is 0 Å². The molecule has 0 spiro atoms. The fourth-order valence-electron chi connectivity index (χ4n) is 4.84. The van der Waals surface area contributed by atoms with E-state index in [9.17, 15) is 4.79 Å². The molecule has 6 heteroatoms. The number of piperazine rings is 1. The van der Waals surface area contributed by atoms with Gasteiger partial charge >= 0.3 is 0 Å². The van der Waals surface area contributed by atoms with E-state index in [0.717, 1.165) is 55.3 Å². The molecule has 6 nitrogen and oxygen atoms in total. The first-order valence-corrected chi connectivity index (χ1v) is 12.3. The monoisotopic (exact) mass is 468 g/mol. The van der Waals surface area contributed by atoms with E-state index in [2.05, 4.69) is 52.3 Å². The highest BCUT2D eigenvalue weighted by molar-refractivity contribution is 6.03. The first kappa shape index (κ1) is 23.3. The molecule has 0 saturated carbocycles. The summed E-state index contributed by atoms with van der Waals surface area (Å²) in [6.45, 7) is 5.03. The SMILES string of the molecule is COc1ccc([C@H]2CC(c3ccccc3)=NN2C(=O)CN2CCN(Cc3ccccc3)CC2)cc1. The summed E-state index contributed by atoms with van der Waals surface area (Å²) in [6.07, 6.45) is 0.701. The van der Waals surface area contributed by atoms with E-state index in [1.807, 2.05) is 42.5 Å². The first-order chi connectivity index (χ1) is 17.2. The topological polar surface area (TPSA) is 48.4 Å². The second-order valence-corrected chi connectivity index (χ2v) is 9.18. The van der Waals surface area contributed by atoms with Gasteiger partial charge in [0.1, 0.15) is 5.75 Å². The van der Waals surface area contributed by atoms with Crippen molar-refractivity contribution in [2.75, 3.05) is 39.8 Å². The highest BCUT2D eigenvalue weighted by atomic mass is 16.5. The third-order valence-electron chi connectivity index (χ3n) is 6.85. The first-order valence-electron chi connectivity index (χ1n) is 12.3. The molecule has 1 fully saturated rings. The molecule has 35 heavy (non-hydrogen) atoms. The van der Waals surface area contributed by atoms with E-state index in [0.29, 0.717) is 13.0 Å². The summed E-state index contributed by atoms with van der Waals surface area (Å²) in [4.78, 5) is 18.2. The number of amides is 1. The van der Waals surface area contributed by atoms with Crippen molar-refractivity contribution in [3.63, 3.8) is 0 Å². The number of carbonyl (C=O) groups excluding carboxylic acids is 1. The van der Waals surface area contributed by atoms with Gasteiger partial charge in [0.2, 0.25) is 0 Å². The van der Waals surface area contributed by atoms with E-state index < -0.39 is 0 Å². The summed E-state index contributed by atoms with van der Waals surface area (Å²) in [5.41, 5.74) is 4.42. The maximum Gasteiger partial charge on any atom is 0.257 e. The third kappa shape index (κ3) is 5.61. The van der Waals surface area contributed by atoms with Crippen LogP contribution in [0.1, 0.15) is 29.2 Å². The molecule has 0 N–H and O–H groups in total. The van der Waals surface area contributed by atoms with Crippen LogP contribution in [0.3, 0.4) is 0 Å². The van der Waals surface area contributed by atoms with Gasteiger partial charge in [0.25, 0.3) is 5.91 Å². The quantitative estimate of drug-likeness (QED) is 0.522. The lowest BCUT2D eigenvalue weighted by Crippen LogP contribution is -2.49. The molecule has 3 aromatic carbocycles. The van der Waals surface area contributed by atoms with Gasteiger partial charge < -0.3 is 4.74 Å². The number of nitrogens with zero attached hydrogens (tertiary/aromatic N) is 4. The lowest BCUT2D eigenvalue weighted by molar-refractivity contribution is -0.134. The van der Waals surface area contributed by atoms with Gasteiger partial charge in [-0.25, -0.2) is 5.01 Å². The second kappa shape index (κ2) is 10.8. The van der Waals surface area contributed by atoms with Crippen LogP contribution in [-0.2, 0) is 11.3 Å². The highest BCUT2D eigenvalue weighted by Gasteiger charge is 2.34. The van der Waals surface area contributed by atoms with Crippen molar-refractivity contribution in [3.8, 4) is 5.75 Å². The molecule has 2 heterocycles. The number of hydrogen-bond acceptors (Lipinski definition) is 5. The van der Waals surface area contributed by atoms with E-state index in [1.165, 1.54) is 5.56 Å². The van der Waals surface area contributed by atoms with Crippen LogP contribution in [0.15, 0.2) is 90.0 Å². The molecule has 0 aromatic heterocycles. The number of benzene rings is 3. The number of methoxy groups -OCH3 is 1. The Labute approximate surface area is 207 Å². The molecule has 0 unspecified atom stereocenters. The smallest absolute Gasteiger partial charge is 0.257 e. The number of hydrogen-bond donors (Lipinski definition) is 0. The predicted octanol–water partition coefficient (Wildman–Crippen LogP) is 4.19. The van der Waals surface area contributed by atoms with Crippen LogP contribution >= 0.6 is 0 Å². The minimum absolute atomic E-state index is 0.0493. The predicted molar refractivity (Wildman–Crippen MR) is 138 cm³/mol. The Morgan fingerprint density at radius 1 is 0.857 bits per heavy atom. The summed E-state index contributed by atoms with van der Waals surface area (Å²) >= 11 is 0. The summed E-state index contributed by atoms with van der Waals surface area (Å²) in [6, 6.07) is 28.6. The summed E-state index contributed by atoms with van der Waals surface area (Å²) < 4.78 is 5.32. The standard InChI is InChI=1S/C29H32N4O2/c1-35-26-14-12-25(13-15-26)28-20-27(24-10-6-3-7-11-24)30-33(28)29(34)22-32-18-16-31(17-19-32)21-23-8-4-2-5-9-23/h2-15,28H,16-22H2,1H3/t28-/m1/s1. The van der Waals surface area contributed by atoms with Gasteiger partial charge in [-0.1, -0.05) is 72.8 Å². The van der Waals surface area contributed by atoms with Crippen molar-refractivity contribution in [2.45, 2.75) is 19.0 Å². The van der Waals surface area contributed by atoms with Crippen LogP contribution in [0.5, 0.6) is 5.75 Å². The molecule has 0 aliphatic carbocycles. The van der Waals surface area contributed by atoms with Crippen LogP contribution in [0.4, 0.5) is 0 Å². The average molecular weight is 469 g/mol. The van der Waals surface area contributed by atoms with Crippen molar-refractivity contribution in [3.05, 3.63) is 102 Å². The van der Waals surface area contributed by atoms with E-state index in [-0.39, 0.29) is 11.9 Å². The van der Waals surface area contributed by atoms with Crippen molar-refractivity contribution >= 4 is 11.6 Å². The van der Waals surface area contributed by atoms with E-state index >= 15 is 0 Å². The number of rotatable bonds is 7. The number of hydrazone groups is 1. The van der Waals surface area contributed by atoms with E-state index in [1.54, 1.807) is 12.1 Å². The van der Waals surface area contributed by atoms with E-state index in [4.69, 9.17) is 9.84 Å². The van der Waals surface area contributed by atoms with Gasteiger partial charge in [0.15, 0.2) is 0 Å². The zero-order valence-corrected chi connectivity index (χ0v) is 20.2. The van der Waals surface area contributed by atoms with Gasteiger partial charge in [0.05, 0.1) is 25.4 Å². The fraction of sp³-hybridized carbons (Fsp3) is 0.310. The Morgan fingerprint density at radius 3 is 2.14 bits per heavy atom. The Morgan fingerprint density at radius 2 is 1.49 bits per heavy atom. The molecule has 1 saturated heterocycles. The molecule has 0 radical (unpaired) electrons. The maximum absolute atomic E-state index is 13.5. The fourth-order valence-corrected chi connectivity index (χ4v) is 4.84. The van der Waals surface area contributed by atoms with Crippen molar-refractivity contribution in [2.24, 2.45) is 5.10 Å². The van der Waals surface area contributed by atoms with Crippen LogP contribution < -0.4 is 4.74 Å². The van der Waals surface area contributed by atoms with Gasteiger partial charge in [-0.15, -0.1) is 0 Å². The molecule has 3 aromatic rings. The molecule has 0 bridgehead atoms. The van der Waals surface area contributed by atoms with Crippen LogP contribution in [0.25, 0.3) is 0 Å². The largest absolute Gasteiger partial charge is 0.497 e. The zero-order chi connectivity index (χ0) is 24.0.